The molecule has 6 aliphatic heterocycles. The Kier molecular flexibility index (Phi) is 10.7. The van der Waals surface area contributed by atoms with E-state index < -0.39 is 44.8 Å². The van der Waals surface area contributed by atoms with Gasteiger partial charge in [-0.15, -0.1) is 0 Å². The number of nitrogens with zero attached hydrogens (tertiary/aromatic N) is 6. The first-order valence-electron chi connectivity index (χ1n) is 21.2. The lowest BCUT2D eigenvalue weighted by molar-refractivity contribution is -0.136. The van der Waals surface area contributed by atoms with Gasteiger partial charge in [0.2, 0.25) is 11.8 Å². The normalized spacial score (nSPS) is 24.3. The van der Waals surface area contributed by atoms with Crippen LogP contribution < -0.4 is 20.0 Å². The summed E-state index contributed by atoms with van der Waals surface area (Å²) in [6.07, 6.45) is 6.38. The molecule has 6 heterocycles. The topological polar surface area (TPSA) is 154 Å². The number of rotatable bonds is 7. The zero-order valence-corrected chi connectivity index (χ0v) is 35.4. The minimum atomic E-state index is -3.48. The second kappa shape index (κ2) is 15.8. The van der Waals surface area contributed by atoms with Gasteiger partial charge in [0.15, 0.2) is 9.84 Å². The van der Waals surface area contributed by atoms with Crippen molar-refractivity contribution in [3.63, 3.8) is 0 Å². The van der Waals surface area contributed by atoms with Crippen LogP contribution in [0.4, 0.5) is 17.1 Å². The van der Waals surface area contributed by atoms with E-state index in [0.717, 1.165) is 99.9 Å². The van der Waals surface area contributed by atoms with Crippen molar-refractivity contribution in [3.05, 3.63) is 82.4 Å². The maximum atomic E-state index is 13.9. The fraction of sp³-hybridized carbons (Fsp3) is 0.489. The second-order valence-electron chi connectivity index (χ2n) is 17.6. The Morgan fingerprint density at radius 2 is 1.42 bits per heavy atom. The summed E-state index contributed by atoms with van der Waals surface area (Å²) in [5.74, 6) is -2.05. The van der Waals surface area contributed by atoms with Crippen molar-refractivity contribution < 1.29 is 27.6 Å². The van der Waals surface area contributed by atoms with E-state index in [1.165, 1.54) is 0 Å². The van der Waals surface area contributed by atoms with E-state index in [2.05, 4.69) is 37.9 Å². The molecule has 5 fully saturated rings. The predicted octanol–water partition coefficient (Wildman–Crippen LogP) is 5.41. The number of carbonyl (C=O) groups excluding carboxylic acids is 4. The van der Waals surface area contributed by atoms with E-state index in [1.54, 1.807) is 30.3 Å². The van der Waals surface area contributed by atoms with Crippen LogP contribution in [0.15, 0.2) is 65.6 Å². The van der Waals surface area contributed by atoms with E-state index in [4.69, 9.17) is 11.6 Å². The highest BCUT2D eigenvalue weighted by atomic mass is 35.5. The van der Waals surface area contributed by atoms with Crippen LogP contribution in [-0.4, -0.2) is 111 Å². The van der Waals surface area contributed by atoms with E-state index in [-0.39, 0.29) is 29.4 Å². The average Bonchev–Trinajstić information content (AvgIpc) is 3.71. The Labute approximate surface area is 356 Å². The molecule has 0 aromatic heterocycles. The number of carbonyl (C=O) groups is 4. The largest absolute Gasteiger partial charge is 0.371 e. The first-order valence-corrected chi connectivity index (χ1v) is 23.2. The molecule has 3 aromatic rings. The summed E-state index contributed by atoms with van der Waals surface area (Å²) in [7, 11) is -3.48. The highest BCUT2D eigenvalue weighted by molar-refractivity contribution is 7.92. The molecule has 2 atom stereocenters. The molecule has 5 saturated heterocycles. The lowest BCUT2D eigenvalue weighted by Gasteiger charge is -2.42. The lowest BCUT2D eigenvalue weighted by Crippen LogP contribution is -2.54. The Balaban J connectivity index is 0.751. The zero-order valence-electron chi connectivity index (χ0n) is 33.8. The molecule has 0 saturated carbocycles. The van der Waals surface area contributed by atoms with Crippen LogP contribution in [0.2, 0.25) is 5.02 Å². The average molecular weight is 852 g/mol. The molecule has 0 bridgehead atoms. The maximum absolute atomic E-state index is 13.9. The molecular formula is C45H50ClN7O6S. The molecular weight excluding hydrogens is 802 g/mol. The molecule has 6 aliphatic rings. The van der Waals surface area contributed by atoms with Gasteiger partial charge in [0.05, 0.1) is 31.9 Å². The summed E-state index contributed by atoms with van der Waals surface area (Å²) in [6, 6.07) is 20.3. The van der Waals surface area contributed by atoms with Gasteiger partial charge >= 0.3 is 0 Å². The maximum Gasteiger partial charge on any atom is 0.262 e. The van der Waals surface area contributed by atoms with Crippen molar-refractivity contribution >= 4 is 62.1 Å². The third-order valence-corrected chi connectivity index (χ3v) is 16.8. The quantitative estimate of drug-likeness (QED) is 0.304. The number of fused-ring (bicyclic) bond motifs is 1. The number of halogens is 1. The first-order chi connectivity index (χ1) is 28.8. The highest BCUT2D eigenvalue weighted by Gasteiger charge is 2.46. The van der Waals surface area contributed by atoms with Gasteiger partial charge in [-0.25, -0.2) is 8.42 Å². The van der Waals surface area contributed by atoms with Crippen molar-refractivity contribution in [1.82, 2.24) is 15.1 Å². The molecule has 9 rings (SSSR count). The monoisotopic (exact) mass is 851 g/mol. The Hall–Kier alpha value is -4.97. The fourth-order valence-corrected chi connectivity index (χ4v) is 12.7. The van der Waals surface area contributed by atoms with Crippen molar-refractivity contribution in [2.75, 3.05) is 60.5 Å². The van der Waals surface area contributed by atoms with Crippen LogP contribution in [0, 0.1) is 16.7 Å². The molecule has 314 valence electrons. The number of benzene rings is 3. The van der Waals surface area contributed by atoms with Gasteiger partial charge in [-0.3, -0.25) is 29.4 Å². The molecule has 13 nitrogen and oxygen atoms in total. The summed E-state index contributed by atoms with van der Waals surface area (Å²) >= 11 is 6.38. The molecule has 1 N–H and O–H groups in total. The zero-order chi connectivity index (χ0) is 41.9. The third kappa shape index (κ3) is 7.32. The summed E-state index contributed by atoms with van der Waals surface area (Å²) in [5, 5.41) is 11.6. The summed E-state index contributed by atoms with van der Waals surface area (Å²) in [5.41, 5.74) is 4.22. The summed E-state index contributed by atoms with van der Waals surface area (Å²) in [4.78, 5) is 61.4. The number of hydrogen-bond donors (Lipinski definition) is 1. The fourth-order valence-electron chi connectivity index (χ4n) is 10.8. The van der Waals surface area contributed by atoms with Crippen molar-refractivity contribution in [3.8, 4) is 6.07 Å². The standard InChI is InChI=1S/C45H50ClN7O6S/c1-29-26-45(28-52(29)34-3-2-30(27-47)39(46)25-34)16-22-51(23-17-45)31-4-7-35(8-5-31)60(58,59)36-14-20-49(21-15-36)32-12-18-50(19-13-32)33-6-9-37-38(24-33)44(57)53(43(37)56)40-10-11-41(54)48-42(40)55/h2-9,24-25,29,32,36,40H,10-23,26,28H2,1H3,(H,48,54,55)/t29-,40?/m0/s1. The lowest BCUT2D eigenvalue weighted by atomic mass is 9.76. The predicted molar refractivity (Wildman–Crippen MR) is 228 cm³/mol. The summed E-state index contributed by atoms with van der Waals surface area (Å²) < 4.78 is 27.8. The highest BCUT2D eigenvalue weighted by Crippen LogP contribution is 2.46. The van der Waals surface area contributed by atoms with Crippen LogP contribution in [0.25, 0.3) is 0 Å². The van der Waals surface area contributed by atoms with Gasteiger partial charge in [0.1, 0.15) is 12.1 Å². The number of nitriles is 1. The van der Waals surface area contributed by atoms with Gasteiger partial charge in [-0.05, 0) is 137 Å². The minimum absolute atomic E-state index is 0.0767. The van der Waals surface area contributed by atoms with Gasteiger partial charge in [-0.1, -0.05) is 11.6 Å². The molecule has 1 unspecified atom stereocenters. The number of amides is 4. The van der Waals surface area contributed by atoms with Crippen LogP contribution >= 0.6 is 11.6 Å². The Bertz CT molecular complexity index is 2380. The van der Waals surface area contributed by atoms with Crippen molar-refractivity contribution in [2.45, 2.75) is 93.0 Å². The number of imide groups is 2. The van der Waals surface area contributed by atoms with Crippen LogP contribution in [0.5, 0.6) is 0 Å². The number of hydrogen-bond acceptors (Lipinski definition) is 11. The molecule has 4 amide bonds. The van der Waals surface area contributed by atoms with E-state index in [0.29, 0.717) is 40.4 Å². The van der Waals surface area contributed by atoms with Gasteiger partial charge in [0, 0.05) is 68.3 Å². The number of likely N-dealkylation sites (tertiary alicyclic amines) is 1. The van der Waals surface area contributed by atoms with E-state index in [1.807, 2.05) is 30.3 Å². The van der Waals surface area contributed by atoms with Gasteiger partial charge in [0.25, 0.3) is 11.8 Å². The van der Waals surface area contributed by atoms with Gasteiger partial charge < -0.3 is 19.6 Å². The third-order valence-electron chi connectivity index (χ3n) is 14.2. The molecule has 1 spiro atoms. The van der Waals surface area contributed by atoms with E-state index in [9.17, 15) is 32.9 Å². The van der Waals surface area contributed by atoms with Crippen LogP contribution in [0.1, 0.15) is 91.0 Å². The van der Waals surface area contributed by atoms with E-state index >= 15 is 0 Å². The minimum Gasteiger partial charge on any atom is -0.371 e. The molecule has 60 heavy (non-hydrogen) atoms. The Morgan fingerprint density at radius 3 is 2.08 bits per heavy atom. The molecule has 15 heteroatoms. The molecule has 0 radical (unpaired) electrons. The van der Waals surface area contributed by atoms with Gasteiger partial charge in [-0.2, -0.15) is 5.26 Å². The summed E-state index contributed by atoms with van der Waals surface area (Å²) in [6.45, 7) is 8.01. The van der Waals surface area contributed by atoms with Crippen LogP contribution in [0.3, 0.4) is 0 Å². The SMILES string of the molecule is C[C@H]1CC2(CCN(c3ccc(S(=O)(=O)C4CCN(C5CCN(c6ccc7c(c6)C(=O)N(C6CCC(=O)NC6=O)C7=O)CC5)CC4)cc3)CC2)CN1c1ccc(C#N)c(Cl)c1. The van der Waals surface area contributed by atoms with Crippen molar-refractivity contribution in [1.29, 1.82) is 5.26 Å². The number of sulfone groups is 1. The molecule has 3 aromatic carbocycles. The van der Waals surface area contributed by atoms with Crippen molar-refractivity contribution in [2.24, 2.45) is 5.41 Å². The second-order valence-corrected chi connectivity index (χ2v) is 20.2. The molecule has 0 aliphatic carbocycles. The number of piperidine rings is 4. The smallest absolute Gasteiger partial charge is 0.262 e. The van der Waals surface area contributed by atoms with Crippen LogP contribution in [-0.2, 0) is 19.4 Å². The number of anilines is 3. The Morgan fingerprint density at radius 1 is 0.767 bits per heavy atom. The first kappa shape index (κ1) is 40.4. The number of nitrogens with one attached hydrogen (secondary N) is 1.